The van der Waals surface area contributed by atoms with Crippen molar-refractivity contribution >= 4 is 15.9 Å². The van der Waals surface area contributed by atoms with E-state index in [2.05, 4.69) is 29.8 Å². The van der Waals surface area contributed by atoms with Crippen molar-refractivity contribution < 1.29 is 9.47 Å². The highest BCUT2D eigenvalue weighted by Gasteiger charge is 2.40. The van der Waals surface area contributed by atoms with E-state index in [-0.39, 0.29) is 5.60 Å². The van der Waals surface area contributed by atoms with Gasteiger partial charge in [-0.25, -0.2) is 0 Å². The molecule has 1 saturated heterocycles. The fourth-order valence-electron chi connectivity index (χ4n) is 1.16. The fourth-order valence-corrected chi connectivity index (χ4v) is 1.52. The molecular weight excluding hydrogens is 244 g/mol. The molecule has 0 aliphatic carbocycles. The topological polar surface area (TPSA) is 21.8 Å². The molecule has 2 rings (SSSR count). The molecule has 14 heavy (non-hydrogen) atoms. The van der Waals surface area contributed by atoms with Crippen molar-refractivity contribution in [1.82, 2.24) is 0 Å². The molecule has 0 N–H and O–H groups in total. The van der Waals surface area contributed by atoms with Crippen LogP contribution in [0.5, 0.6) is 5.75 Å². The van der Waals surface area contributed by atoms with Crippen LogP contribution in [0, 0.1) is 6.92 Å². The second-order valence-electron chi connectivity index (χ2n) is 3.96. The first-order chi connectivity index (χ1) is 6.59. The first kappa shape index (κ1) is 9.99. The van der Waals surface area contributed by atoms with Gasteiger partial charge in [0.2, 0.25) is 0 Å². The van der Waals surface area contributed by atoms with E-state index in [1.807, 2.05) is 18.2 Å². The quantitative estimate of drug-likeness (QED) is 0.776. The summed E-state index contributed by atoms with van der Waals surface area (Å²) in [5.74, 6) is 0.890. The number of hydrogen-bond donors (Lipinski definition) is 0. The van der Waals surface area contributed by atoms with E-state index in [9.17, 15) is 0 Å². The molecule has 1 aliphatic heterocycles. The van der Waals surface area contributed by atoms with Crippen molar-refractivity contribution in [2.45, 2.75) is 19.4 Å². The molecule has 0 saturated carbocycles. The van der Waals surface area contributed by atoms with Gasteiger partial charge in [0.25, 0.3) is 0 Å². The molecule has 3 heteroatoms. The summed E-state index contributed by atoms with van der Waals surface area (Å²) in [7, 11) is 0. The lowest BCUT2D eigenvalue weighted by Gasteiger charge is -2.10. The van der Waals surface area contributed by atoms with Crippen LogP contribution in [0.25, 0.3) is 0 Å². The van der Waals surface area contributed by atoms with Crippen molar-refractivity contribution in [2.24, 2.45) is 0 Å². The summed E-state index contributed by atoms with van der Waals surface area (Å²) in [6.45, 7) is 5.52. The van der Waals surface area contributed by atoms with E-state index in [1.54, 1.807) is 0 Å². The van der Waals surface area contributed by atoms with Crippen molar-refractivity contribution in [3.8, 4) is 5.75 Å². The van der Waals surface area contributed by atoms with E-state index >= 15 is 0 Å². The van der Waals surface area contributed by atoms with Crippen LogP contribution in [-0.4, -0.2) is 18.8 Å². The Hall–Kier alpha value is -0.540. The number of epoxide rings is 1. The van der Waals surface area contributed by atoms with Gasteiger partial charge < -0.3 is 9.47 Å². The monoisotopic (exact) mass is 256 g/mol. The smallest absolute Gasteiger partial charge is 0.133 e. The Labute approximate surface area is 92.3 Å². The van der Waals surface area contributed by atoms with Gasteiger partial charge in [-0.1, -0.05) is 6.07 Å². The molecule has 1 aliphatic rings. The van der Waals surface area contributed by atoms with Crippen LogP contribution >= 0.6 is 15.9 Å². The van der Waals surface area contributed by atoms with E-state index in [4.69, 9.17) is 9.47 Å². The Kier molecular flexibility index (Phi) is 2.54. The van der Waals surface area contributed by atoms with Crippen molar-refractivity contribution in [1.29, 1.82) is 0 Å². The van der Waals surface area contributed by atoms with Crippen LogP contribution in [0.15, 0.2) is 22.7 Å². The number of halogens is 1. The number of rotatable bonds is 3. The molecule has 0 bridgehead atoms. The average Bonchev–Trinajstić information content (AvgIpc) is 2.87. The highest BCUT2D eigenvalue weighted by atomic mass is 79.9. The Morgan fingerprint density at radius 1 is 1.57 bits per heavy atom. The van der Waals surface area contributed by atoms with Gasteiger partial charge in [0.05, 0.1) is 11.1 Å². The minimum atomic E-state index is -0.0524. The molecule has 0 spiro atoms. The largest absolute Gasteiger partial charge is 0.489 e. The van der Waals surface area contributed by atoms with Gasteiger partial charge in [0.15, 0.2) is 0 Å². The minimum Gasteiger partial charge on any atom is -0.489 e. The SMILES string of the molecule is Cc1ccc(Br)c(OCC2(C)CO2)c1. The van der Waals surface area contributed by atoms with Gasteiger partial charge in [-0.3, -0.25) is 0 Å². The maximum absolute atomic E-state index is 5.67. The predicted octanol–water partition coefficient (Wildman–Crippen LogP) is 2.93. The number of benzene rings is 1. The summed E-state index contributed by atoms with van der Waals surface area (Å²) in [4.78, 5) is 0. The molecule has 76 valence electrons. The van der Waals surface area contributed by atoms with Crippen LogP contribution in [0.4, 0.5) is 0 Å². The second-order valence-corrected chi connectivity index (χ2v) is 4.82. The van der Waals surface area contributed by atoms with E-state index in [0.29, 0.717) is 6.61 Å². The number of aryl methyl sites for hydroxylation is 1. The second kappa shape index (κ2) is 3.55. The third-order valence-corrected chi connectivity index (χ3v) is 2.91. The zero-order chi connectivity index (χ0) is 10.2. The standard InChI is InChI=1S/C11H13BrO2/c1-8-3-4-9(12)10(5-8)13-6-11(2)7-14-11/h3-5H,6-7H2,1-2H3. The molecule has 0 aromatic heterocycles. The Morgan fingerprint density at radius 2 is 2.29 bits per heavy atom. The van der Waals surface area contributed by atoms with Crippen LogP contribution < -0.4 is 4.74 Å². The zero-order valence-electron chi connectivity index (χ0n) is 8.34. The third kappa shape index (κ3) is 2.28. The summed E-state index contributed by atoms with van der Waals surface area (Å²) in [6, 6.07) is 6.07. The molecule has 1 atom stereocenters. The van der Waals surface area contributed by atoms with Gasteiger partial charge in [-0.2, -0.15) is 0 Å². The number of ether oxygens (including phenoxy) is 2. The highest BCUT2D eigenvalue weighted by molar-refractivity contribution is 9.10. The summed E-state index contributed by atoms with van der Waals surface area (Å²) in [5.41, 5.74) is 1.15. The van der Waals surface area contributed by atoms with Gasteiger partial charge in [0, 0.05) is 0 Å². The van der Waals surface area contributed by atoms with E-state index in [1.165, 1.54) is 5.56 Å². The first-order valence-corrected chi connectivity index (χ1v) is 5.41. The van der Waals surface area contributed by atoms with Gasteiger partial charge >= 0.3 is 0 Å². The van der Waals surface area contributed by atoms with Crippen LogP contribution in [-0.2, 0) is 4.74 Å². The zero-order valence-corrected chi connectivity index (χ0v) is 9.93. The third-order valence-electron chi connectivity index (χ3n) is 2.26. The molecule has 2 nitrogen and oxygen atoms in total. The Bertz CT molecular complexity index is 345. The molecule has 1 heterocycles. The maximum atomic E-state index is 5.67. The molecule has 1 aromatic carbocycles. The van der Waals surface area contributed by atoms with Gasteiger partial charge in [-0.15, -0.1) is 0 Å². The Morgan fingerprint density at radius 3 is 2.93 bits per heavy atom. The van der Waals surface area contributed by atoms with E-state index < -0.39 is 0 Å². The predicted molar refractivity (Wildman–Crippen MR) is 58.7 cm³/mol. The lowest BCUT2D eigenvalue weighted by Crippen LogP contribution is -2.17. The van der Waals surface area contributed by atoms with Gasteiger partial charge in [-0.05, 0) is 47.5 Å². The lowest BCUT2D eigenvalue weighted by atomic mass is 10.2. The summed E-state index contributed by atoms with van der Waals surface area (Å²) in [6.07, 6.45) is 0. The fraction of sp³-hybridized carbons (Fsp3) is 0.455. The molecular formula is C11H13BrO2. The normalized spacial score (nSPS) is 24.8. The molecule has 0 amide bonds. The van der Waals surface area contributed by atoms with Crippen molar-refractivity contribution in [3.05, 3.63) is 28.2 Å². The summed E-state index contributed by atoms with van der Waals surface area (Å²) in [5, 5.41) is 0. The first-order valence-electron chi connectivity index (χ1n) is 4.62. The van der Waals surface area contributed by atoms with Crippen molar-refractivity contribution in [2.75, 3.05) is 13.2 Å². The van der Waals surface area contributed by atoms with Crippen molar-refractivity contribution in [3.63, 3.8) is 0 Å². The van der Waals surface area contributed by atoms with Crippen LogP contribution in [0.3, 0.4) is 0 Å². The Balaban J connectivity index is 2.04. The van der Waals surface area contributed by atoms with Crippen LogP contribution in [0.1, 0.15) is 12.5 Å². The lowest BCUT2D eigenvalue weighted by molar-refractivity contribution is 0.201. The molecule has 1 fully saturated rings. The summed E-state index contributed by atoms with van der Waals surface area (Å²) >= 11 is 3.45. The molecule has 0 radical (unpaired) electrons. The molecule has 1 aromatic rings. The average molecular weight is 257 g/mol. The van der Waals surface area contributed by atoms with Crippen LogP contribution in [0.2, 0.25) is 0 Å². The minimum absolute atomic E-state index is 0.0524. The van der Waals surface area contributed by atoms with Gasteiger partial charge in [0.1, 0.15) is 18.0 Å². The number of hydrogen-bond acceptors (Lipinski definition) is 2. The van der Waals surface area contributed by atoms with E-state index in [0.717, 1.165) is 16.8 Å². The molecule has 1 unspecified atom stereocenters. The highest BCUT2D eigenvalue weighted by Crippen LogP contribution is 2.30. The maximum Gasteiger partial charge on any atom is 0.133 e. The summed E-state index contributed by atoms with van der Waals surface area (Å²) < 4.78 is 11.9.